The largest absolute Gasteiger partial charge is 0.332 e. The summed E-state index contributed by atoms with van der Waals surface area (Å²) in [4.78, 5) is 10.2. The van der Waals surface area contributed by atoms with Crippen LogP contribution in [-0.2, 0) is 13.6 Å². The first-order chi connectivity index (χ1) is 7.72. The van der Waals surface area contributed by atoms with Gasteiger partial charge in [-0.25, -0.2) is 9.97 Å². The Hall–Kier alpha value is -1.20. The molecule has 86 valence electrons. The predicted molar refractivity (Wildman–Crippen MR) is 66.4 cm³/mol. The fourth-order valence-electron chi connectivity index (χ4n) is 1.50. The summed E-state index contributed by atoms with van der Waals surface area (Å²) in [7, 11) is 1.99. The Morgan fingerprint density at radius 2 is 2.31 bits per heavy atom. The minimum Gasteiger partial charge on any atom is -0.332 e. The highest BCUT2D eigenvalue weighted by molar-refractivity contribution is 7.15. The standard InChI is InChI=1S/C11H16N4S/c1-4-12-7-9-8(2)14-11(16-9)10-13-5-6-15(10)3/h5-6,12H,4,7H2,1-3H3. The number of aryl methyl sites for hydroxylation is 2. The van der Waals surface area contributed by atoms with Crippen molar-refractivity contribution in [3.05, 3.63) is 23.0 Å². The van der Waals surface area contributed by atoms with Crippen molar-refractivity contribution in [1.29, 1.82) is 0 Å². The Labute approximate surface area is 99.4 Å². The number of hydrogen-bond acceptors (Lipinski definition) is 4. The molecule has 2 heterocycles. The van der Waals surface area contributed by atoms with Crippen LogP contribution in [0.4, 0.5) is 0 Å². The summed E-state index contributed by atoms with van der Waals surface area (Å²) in [6, 6.07) is 0. The second kappa shape index (κ2) is 4.76. The lowest BCUT2D eigenvalue weighted by molar-refractivity contribution is 0.731. The molecule has 0 aromatic carbocycles. The summed E-state index contributed by atoms with van der Waals surface area (Å²) in [6.45, 7) is 6.03. The molecule has 0 aliphatic carbocycles. The van der Waals surface area contributed by atoms with E-state index in [1.54, 1.807) is 17.5 Å². The Morgan fingerprint density at radius 3 is 2.94 bits per heavy atom. The number of nitrogens with one attached hydrogen (secondary N) is 1. The molecule has 0 aliphatic rings. The zero-order valence-corrected chi connectivity index (χ0v) is 10.6. The van der Waals surface area contributed by atoms with Crippen molar-refractivity contribution in [2.45, 2.75) is 20.4 Å². The topological polar surface area (TPSA) is 42.7 Å². The minimum atomic E-state index is 0.893. The van der Waals surface area contributed by atoms with Gasteiger partial charge in [0, 0.05) is 30.9 Å². The molecule has 0 atom stereocenters. The Balaban J connectivity index is 2.27. The van der Waals surface area contributed by atoms with Gasteiger partial charge < -0.3 is 9.88 Å². The highest BCUT2D eigenvalue weighted by atomic mass is 32.1. The van der Waals surface area contributed by atoms with Gasteiger partial charge in [0.15, 0.2) is 10.8 Å². The van der Waals surface area contributed by atoms with Gasteiger partial charge in [-0.3, -0.25) is 0 Å². The van der Waals surface area contributed by atoms with Gasteiger partial charge in [0.1, 0.15) is 0 Å². The summed E-state index contributed by atoms with van der Waals surface area (Å²) in [5.41, 5.74) is 1.10. The van der Waals surface area contributed by atoms with Crippen molar-refractivity contribution >= 4 is 11.3 Å². The molecule has 0 amide bonds. The maximum Gasteiger partial charge on any atom is 0.168 e. The van der Waals surface area contributed by atoms with Gasteiger partial charge in [-0.15, -0.1) is 11.3 Å². The normalized spacial score (nSPS) is 10.9. The van der Waals surface area contributed by atoms with Crippen LogP contribution >= 0.6 is 11.3 Å². The SMILES string of the molecule is CCNCc1sc(-c2nccn2C)nc1C. The molecule has 5 heteroatoms. The summed E-state index contributed by atoms with van der Waals surface area (Å²) >= 11 is 1.71. The molecule has 16 heavy (non-hydrogen) atoms. The van der Waals surface area contributed by atoms with E-state index in [9.17, 15) is 0 Å². The maximum atomic E-state index is 4.56. The van der Waals surface area contributed by atoms with Crippen LogP contribution in [0, 0.1) is 6.92 Å². The highest BCUT2D eigenvalue weighted by Crippen LogP contribution is 2.26. The van der Waals surface area contributed by atoms with Crippen molar-refractivity contribution in [2.75, 3.05) is 6.54 Å². The molecular formula is C11H16N4S. The molecule has 0 saturated carbocycles. The van der Waals surface area contributed by atoms with Crippen LogP contribution in [0.1, 0.15) is 17.5 Å². The van der Waals surface area contributed by atoms with Gasteiger partial charge in [-0.05, 0) is 13.5 Å². The zero-order chi connectivity index (χ0) is 11.5. The molecule has 0 unspecified atom stereocenters. The summed E-state index contributed by atoms with van der Waals surface area (Å²) in [5, 5.41) is 4.32. The van der Waals surface area contributed by atoms with Crippen LogP contribution in [-0.4, -0.2) is 21.1 Å². The minimum absolute atomic E-state index is 0.893. The third-order valence-electron chi connectivity index (χ3n) is 2.44. The second-order valence-corrected chi connectivity index (χ2v) is 4.75. The van der Waals surface area contributed by atoms with Gasteiger partial charge in [0.25, 0.3) is 0 Å². The molecular weight excluding hydrogens is 220 g/mol. The Morgan fingerprint density at radius 1 is 1.50 bits per heavy atom. The average molecular weight is 236 g/mol. The maximum absolute atomic E-state index is 4.56. The number of nitrogens with zero attached hydrogens (tertiary/aromatic N) is 3. The molecule has 0 aliphatic heterocycles. The van der Waals surface area contributed by atoms with Crippen LogP contribution in [0.3, 0.4) is 0 Å². The van der Waals surface area contributed by atoms with E-state index < -0.39 is 0 Å². The van der Waals surface area contributed by atoms with E-state index in [0.717, 1.165) is 29.6 Å². The van der Waals surface area contributed by atoms with E-state index in [2.05, 4.69) is 29.1 Å². The average Bonchev–Trinajstić information content (AvgIpc) is 2.82. The van der Waals surface area contributed by atoms with E-state index in [0.29, 0.717) is 0 Å². The van der Waals surface area contributed by atoms with E-state index >= 15 is 0 Å². The second-order valence-electron chi connectivity index (χ2n) is 3.67. The number of hydrogen-bond donors (Lipinski definition) is 1. The Bertz CT molecular complexity index is 472. The summed E-state index contributed by atoms with van der Waals surface area (Å²) in [5.74, 6) is 0.941. The van der Waals surface area contributed by atoms with Crippen molar-refractivity contribution in [3.63, 3.8) is 0 Å². The number of imidazole rings is 1. The van der Waals surface area contributed by atoms with E-state index in [-0.39, 0.29) is 0 Å². The van der Waals surface area contributed by atoms with E-state index in [1.807, 2.05) is 17.8 Å². The lowest BCUT2D eigenvalue weighted by Crippen LogP contribution is -2.11. The van der Waals surface area contributed by atoms with Crippen LogP contribution in [0.15, 0.2) is 12.4 Å². The van der Waals surface area contributed by atoms with Gasteiger partial charge in [-0.2, -0.15) is 0 Å². The molecule has 1 N–H and O–H groups in total. The van der Waals surface area contributed by atoms with Crippen molar-refractivity contribution < 1.29 is 0 Å². The van der Waals surface area contributed by atoms with Crippen molar-refractivity contribution in [1.82, 2.24) is 19.9 Å². The van der Waals surface area contributed by atoms with Crippen LogP contribution in [0.25, 0.3) is 10.8 Å². The molecule has 0 bridgehead atoms. The first kappa shape index (κ1) is 11.3. The quantitative estimate of drug-likeness (QED) is 0.882. The molecule has 2 aromatic heterocycles. The molecule has 0 spiro atoms. The molecule has 2 rings (SSSR count). The highest BCUT2D eigenvalue weighted by Gasteiger charge is 2.11. The third-order valence-corrected chi connectivity index (χ3v) is 3.59. The van der Waals surface area contributed by atoms with Crippen LogP contribution in [0.2, 0.25) is 0 Å². The molecule has 0 fully saturated rings. The molecule has 0 radical (unpaired) electrons. The lowest BCUT2D eigenvalue weighted by Gasteiger charge is -1.97. The summed E-state index contributed by atoms with van der Waals surface area (Å²) < 4.78 is 2.00. The first-order valence-corrected chi connectivity index (χ1v) is 6.18. The lowest BCUT2D eigenvalue weighted by atomic mass is 10.4. The van der Waals surface area contributed by atoms with Crippen molar-refractivity contribution in [2.24, 2.45) is 7.05 Å². The third kappa shape index (κ3) is 2.15. The van der Waals surface area contributed by atoms with Crippen LogP contribution in [0.5, 0.6) is 0 Å². The van der Waals surface area contributed by atoms with Gasteiger partial charge in [0.2, 0.25) is 0 Å². The predicted octanol–water partition coefficient (Wildman–Crippen LogP) is 1.96. The van der Waals surface area contributed by atoms with E-state index in [4.69, 9.17) is 0 Å². The first-order valence-electron chi connectivity index (χ1n) is 5.37. The smallest absolute Gasteiger partial charge is 0.168 e. The zero-order valence-electron chi connectivity index (χ0n) is 9.82. The van der Waals surface area contributed by atoms with Gasteiger partial charge in [-0.1, -0.05) is 6.92 Å². The fourth-order valence-corrected chi connectivity index (χ4v) is 2.57. The summed E-state index contributed by atoms with van der Waals surface area (Å²) in [6.07, 6.45) is 3.74. The van der Waals surface area contributed by atoms with Gasteiger partial charge in [0.05, 0.1) is 5.69 Å². The number of rotatable bonds is 4. The molecule has 0 saturated heterocycles. The Kier molecular flexibility index (Phi) is 3.36. The number of aromatic nitrogens is 3. The van der Waals surface area contributed by atoms with E-state index in [1.165, 1.54) is 4.88 Å². The van der Waals surface area contributed by atoms with Crippen molar-refractivity contribution in [3.8, 4) is 10.8 Å². The monoisotopic (exact) mass is 236 g/mol. The van der Waals surface area contributed by atoms with Crippen LogP contribution < -0.4 is 5.32 Å². The van der Waals surface area contributed by atoms with Gasteiger partial charge >= 0.3 is 0 Å². The molecule has 2 aromatic rings. The fraction of sp³-hybridized carbons (Fsp3) is 0.455. The molecule has 4 nitrogen and oxygen atoms in total. The number of thiazole rings is 1.